The Morgan fingerprint density at radius 1 is 0.433 bits per heavy atom. The predicted octanol–water partition coefficient (Wildman–Crippen LogP) is -1.44. The van der Waals surface area contributed by atoms with Gasteiger partial charge < -0.3 is 82.4 Å². The van der Waals surface area contributed by atoms with Gasteiger partial charge in [-0.05, 0) is 79.3 Å². The number of ketones is 1. The second-order valence-corrected chi connectivity index (χ2v) is 30.6. The summed E-state index contributed by atoms with van der Waals surface area (Å²) in [4.78, 5) is 193. The van der Waals surface area contributed by atoms with Crippen LogP contribution in [0.15, 0.2) is 24.3 Å². The van der Waals surface area contributed by atoms with Crippen LogP contribution in [0.4, 0.5) is 8.90 Å². The normalized spacial score (nSPS) is 15.5. The van der Waals surface area contributed by atoms with Gasteiger partial charge in [0.05, 0.1) is 26.2 Å². The van der Waals surface area contributed by atoms with Gasteiger partial charge in [0.1, 0.15) is 36.0 Å². The lowest BCUT2D eigenvalue weighted by molar-refractivity contribution is -0.143. The number of halogens is 1. The van der Waals surface area contributed by atoms with Crippen molar-refractivity contribution in [2.24, 2.45) is 0 Å². The summed E-state index contributed by atoms with van der Waals surface area (Å²) >= 11 is 0. The van der Waals surface area contributed by atoms with Gasteiger partial charge >= 0.3 is 47.8 Å². The van der Waals surface area contributed by atoms with Crippen LogP contribution in [0.1, 0.15) is 129 Å². The maximum atomic E-state index is 17.1. The molecule has 97 heavy (non-hydrogen) atoms. The van der Waals surface area contributed by atoms with Crippen molar-refractivity contribution in [3.8, 4) is 0 Å². The van der Waals surface area contributed by atoms with Gasteiger partial charge in [0.25, 0.3) is 14.3 Å². The van der Waals surface area contributed by atoms with Crippen molar-refractivity contribution < 1.29 is 112 Å². The molecule has 1 heterocycles. The van der Waals surface area contributed by atoms with Crippen molar-refractivity contribution in [2.45, 2.75) is 159 Å². The Morgan fingerprint density at radius 3 is 1.25 bits per heavy atom. The molecule has 0 saturated carbocycles. The number of hydrogen-bond donors (Lipinski definition) is 15. The van der Waals surface area contributed by atoms with Gasteiger partial charge in [-0.15, -0.1) is 0 Å². The molecule has 0 aromatic heterocycles. The Balaban J connectivity index is 2.11. The lowest BCUT2D eigenvalue weighted by Crippen LogP contribution is -2.58. The molecule has 36 heteroatoms. The summed E-state index contributed by atoms with van der Waals surface area (Å²) in [6.07, 6.45) is -2.96. The average Bonchev–Trinajstić information content (AvgIpc) is 0.749. The van der Waals surface area contributed by atoms with Crippen LogP contribution in [-0.2, 0) is 62.3 Å². The van der Waals surface area contributed by atoms with Crippen molar-refractivity contribution in [3.63, 3.8) is 0 Å². The number of urea groups is 1. The van der Waals surface area contributed by atoms with E-state index in [0.29, 0.717) is 5.19 Å². The van der Waals surface area contributed by atoms with E-state index in [4.69, 9.17) is 5.11 Å². The Labute approximate surface area is 562 Å². The first-order chi connectivity index (χ1) is 45.2. The number of nitrogens with zero attached hydrogens (tertiary/aromatic N) is 4. The minimum absolute atomic E-state index is 0.0127. The molecule has 8 amide bonds. The number of nitrogens with one attached hydrogen (secondary N) is 8. The highest BCUT2D eigenvalue weighted by Gasteiger charge is 2.56. The zero-order valence-electron chi connectivity index (χ0n) is 56.0. The maximum absolute atomic E-state index is 17.1. The maximum Gasteiger partial charge on any atom is 0.326 e. The molecule has 0 unspecified atom stereocenters. The molecule has 1 aliphatic rings. The van der Waals surface area contributed by atoms with E-state index in [2.05, 4.69) is 31.9 Å². The number of aliphatic carboxylic acids is 7. The third kappa shape index (κ3) is 32.2. The van der Waals surface area contributed by atoms with Crippen LogP contribution in [0, 0.1) is 0 Å². The molecule has 34 nitrogen and oxygen atoms in total. The fourth-order valence-corrected chi connectivity index (χ4v) is 15.4. The van der Waals surface area contributed by atoms with Gasteiger partial charge in [0.15, 0.2) is 0 Å². The molecule has 15 N–H and O–H groups in total. The molecular weight excluding hydrogens is 1300 g/mol. The number of benzene rings is 1. The number of carboxylic acids is 7. The topological polar surface area (TPSA) is 507 Å². The Hall–Kier alpha value is -8.74. The van der Waals surface area contributed by atoms with E-state index in [-0.39, 0.29) is 141 Å². The number of carbonyl (C=O) groups excluding carboxylic acids is 8. The third-order valence-corrected chi connectivity index (χ3v) is 21.0. The van der Waals surface area contributed by atoms with Crippen LogP contribution >= 0.6 is 0 Å². The molecule has 1 aromatic carbocycles. The first-order valence-corrected chi connectivity index (χ1v) is 33.6. The number of amides is 8. The monoisotopic (exact) mass is 1400 g/mol. The summed E-state index contributed by atoms with van der Waals surface area (Å²) in [6.45, 7) is 11.9. The fraction of sp³-hybridized carbons (Fsp3) is 0.656. The average molecular weight is 1400 g/mol. The predicted molar refractivity (Wildman–Crippen MR) is 346 cm³/mol. The van der Waals surface area contributed by atoms with Crippen LogP contribution in [0.3, 0.4) is 0 Å². The number of carbonyl (C=O) groups is 15. The Kier molecular flexibility index (Phi) is 36.0. The van der Waals surface area contributed by atoms with E-state index >= 15 is 4.11 Å². The van der Waals surface area contributed by atoms with Crippen molar-refractivity contribution in [1.29, 1.82) is 0 Å². The molecule has 0 aliphatic carbocycles. The van der Waals surface area contributed by atoms with E-state index in [1.165, 1.54) is 19.1 Å². The standard InChI is InChI=1S/C61H97FN12O22Si/c1-38(75)34-71-25-29-73(36-51(82)83)31-27-72(28-32-74(30-26-71)37-52(84)85)35-49(79)67-45(33-65-53(86)39-13-15-40(16-14-39)97(62,60(2,3)4)61(5,6)7)54(87)68-42(56(90)91)11-8-9-23-63-46(76)20-21-47(77)64-24-10-12-41(55(88)89)66-48(78)19-17-43(57(92)93)69-59(96)70-44(58(94)95)18-22-50(80)81/h13-16,41-45H,8-12,17-37H2,1-7H3,(H,63,76)(H,64,77)(H,65,86)(H,66,78)(H,67,79)(H,68,87)(H,80,81)(H,82,83)(H,84,85)(H,88,89)(H,90,91)(H,92,93)(H,94,95)(H2,69,70,96)/t41-,42-,43+,44+,45-/m1/s1/i62+0. The molecule has 0 radical (unpaired) electrons. The molecule has 544 valence electrons. The largest absolute Gasteiger partial charge is 0.481 e. The number of unbranched alkanes of at least 4 members (excludes halogenated alkanes) is 1. The van der Waals surface area contributed by atoms with Gasteiger partial charge in [-0.2, -0.15) is 0 Å². The van der Waals surface area contributed by atoms with Gasteiger partial charge in [0, 0.05) is 103 Å². The molecule has 1 aliphatic heterocycles. The van der Waals surface area contributed by atoms with E-state index < -0.39 is 171 Å². The van der Waals surface area contributed by atoms with Crippen molar-refractivity contribution in [2.75, 3.05) is 98.2 Å². The van der Waals surface area contributed by atoms with Crippen molar-refractivity contribution >= 4 is 103 Å². The molecule has 1 saturated heterocycles. The van der Waals surface area contributed by atoms with Gasteiger partial charge in [-0.25, -0.2) is 24.0 Å². The first kappa shape index (κ1) is 84.3. The number of hydrogen-bond acceptors (Lipinski definition) is 19. The summed E-state index contributed by atoms with van der Waals surface area (Å²) in [7, 11) is -3.73. The van der Waals surface area contributed by atoms with Crippen LogP contribution in [0.5, 0.6) is 0 Å². The van der Waals surface area contributed by atoms with E-state index in [1.807, 2.05) is 52.2 Å². The van der Waals surface area contributed by atoms with Crippen LogP contribution in [-0.4, -0.2) is 281 Å². The molecular formula is C61H97FN12O22Si. The molecule has 5 atom stereocenters. The first-order valence-electron chi connectivity index (χ1n) is 31.7. The quantitative estimate of drug-likeness (QED) is 0.0203. The summed E-state index contributed by atoms with van der Waals surface area (Å²) in [5.74, 6) is -14.5. The number of carboxylic acid groups (broad SMARTS) is 7. The third-order valence-electron chi connectivity index (χ3n) is 15.8. The summed E-state index contributed by atoms with van der Waals surface area (Å²) in [6, 6.07) is -3.36. The second-order valence-electron chi connectivity index (χ2n) is 25.7. The Bertz CT molecular complexity index is 2870. The smallest absolute Gasteiger partial charge is 0.326 e. The lowest BCUT2D eigenvalue weighted by atomic mass is 10.1. The van der Waals surface area contributed by atoms with Gasteiger partial charge in [-0.3, -0.25) is 67.5 Å². The molecule has 0 spiro atoms. The van der Waals surface area contributed by atoms with Crippen LogP contribution < -0.4 is 47.7 Å². The van der Waals surface area contributed by atoms with Crippen molar-refractivity contribution in [3.05, 3.63) is 29.8 Å². The highest BCUT2D eigenvalue weighted by Crippen LogP contribution is 2.51. The SMILES string of the molecule is CC(=O)CN1CCN(CC(=O)O)CCN(CC(=O)N[C@H](CNC(=O)c2ccc([Si]([19F])(C(C)(C)C)C(C)(C)C)cc2)C(=O)N[C@H](CCCCNC(=O)CCC(=O)NCCC[C@@H](NC(=O)CC[C@H](NC(=O)N[C@@H](CCC(=O)O)C(=O)O)C(=O)O)C(=O)O)C(=O)O)CCN(CC(=O)O)CC1. The summed E-state index contributed by atoms with van der Waals surface area (Å²) in [5.41, 5.74) is 0.0878. The van der Waals surface area contributed by atoms with E-state index in [0.717, 1.165) is 0 Å². The van der Waals surface area contributed by atoms with Crippen LogP contribution in [0.25, 0.3) is 0 Å². The molecule has 2 rings (SSSR count). The highest BCUT2D eigenvalue weighted by atomic mass is 28.4. The molecule has 0 bridgehead atoms. The highest BCUT2D eigenvalue weighted by molar-refractivity contribution is 6.90. The van der Waals surface area contributed by atoms with Crippen LogP contribution in [0.2, 0.25) is 10.1 Å². The number of rotatable bonds is 40. The molecule has 1 fully saturated rings. The van der Waals surface area contributed by atoms with E-state index in [1.54, 1.807) is 31.7 Å². The minimum atomic E-state index is -3.73. The van der Waals surface area contributed by atoms with E-state index in [9.17, 15) is 103 Å². The second kappa shape index (κ2) is 41.4. The van der Waals surface area contributed by atoms with Crippen molar-refractivity contribution in [1.82, 2.24) is 62.1 Å². The molecule has 1 aromatic rings. The zero-order valence-corrected chi connectivity index (χ0v) is 57.0. The summed E-state index contributed by atoms with van der Waals surface area (Å²) < 4.78 is 17.1. The summed E-state index contributed by atoms with van der Waals surface area (Å²) in [5, 5.41) is 84.7. The minimum Gasteiger partial charge on any atom is -0.481 e. The zero-order chi connectivity index (χ0) is 73.4. The lowest BCUT2D eigenvalue weighted by Gasteiger charge is -2.44. The van der Waals surface area contributed by atoms with Gasteiger partial charge in [-0.1, -0.05) is 53.7 Å². The fourth-order valence-electron chi connectivity index (χ4n) is 10.8. The van der Waals surface area contributed by atoms with Gasteiger partial charge in [0.2, 0.25) is 29.5 Å². The Morgan fingerprint density at radius 2 is 0.825 bits per heavy atom. The number of Topliss-reactive ketones (excluding diaryl/α,β-unsaturated/α-hetero) is 1.